The van der Waals surface area contributed by atoms with Crippen molar-refractivity contribution in [3.63, 3.8) is 0 Å². The predicted molar refractivity (Wildman–Crippen MR) is 73.4 cm³/mol. The van der Waals surface area contributed by atoms with Crippen molar-refractivity contribution in [3.8, 4) is 0 Å². The molecule has 1 aliphatic rings. The molecule has 2 heterocycles. The largest absolute Gasteiger partial charge is 0.349 e. The van der Waals surface area contributed by atoms with Gasteiger partial charge in [-0.05, 0) is 25.0 Å². The molecule has 0 radical (unpaired) electrons. The Hall–Kier alpha value is -1.26. The fourth-order valence-electron chi connectivity index (χ4n) is 2.41. The first-order valence-electron chi connectivity index (χ1n) is 6.04. The standard InChI is InChI=1S/C13H11Cl2FN2O/c14-10-7(16)3-4-8-9(10)11(15)12(17-8)13(19)18-5-1-2-6-18/h3-4,17H,1-2,5-6H2. The van der Waals surface area contributed by atoms with E-state index in [1.54, 1.807) is 4.90 Å². The second-order valence-electron chi connectivity index (χ2n) is 4.60. The zero-order valence-electron chi connectivity index (χ0n) is 9.97. The molecule has 100 valence electrons. The van der Waals surface area contributed by atoms with Crippen molar-refractivity contribution in [2.75, 3.05) is 13.1 Å². The van der Waals surface area contributed by atoms with Gasteiger partial charge in [-0.1, -0.05) is 23.2 Å². The molecule has 3 nitrogen and oxygen atoms in total. The molecule has 0 unspecified atom stereocenters. The molecule has 0 bridgehead atoms. The van der Waals surface area contributed by atoms with Crippen LogP contribution in [0.2, 0.25) is 10.0 Å². The lowest BCUT2D eigenvalue weighted by Gasteiger charge is -2.14. The lowest BCUT2D eigenvalue weighted by molar-refractivity contribution is 0.0788. The molecule has 19 heavy (non-hydrogen) atoms. The predicted octanol–water partition coefficient (Wildman–Crippen LogP) is 3.85. The van der Waals surface area contributed by atoms with E-state index in [0.717, 1.165) is 25.9 Å². The van der Waals surface area contributed by atoms with E-state index in [0.29, 0.717) is 10.9 Å². The molecule has 1 aromatic carbocycles. The Labute approximate surface area is 119 Å². The van der Waals surface area contributed by atoms with Gasteiger partial charge in [0, 0.05) is 24.0 Å². The number of carbonyl (C=O) groups excluding carboxylic acids is 1. The summed E-state index contributed by atoms with van der Waals surface area (Å²) in [5.74, 6) is -0.703. The van der Waals surface area contributed by atoms with Gasteiger partial charge in [-0.15, -0.1) is 0 Å². The molecule has 1 aromatic heterocycles. The van der Waals surface area contributed by atoms with E-state index in [1.165, 1.54) is 12.1 Å². The van der Waals surface area contributed by atoms with Gasteiger partial charge in [0.25, 0.3) is 5.91 Å². The van der Waals surface area contributed by atoms with Gasteiger partial charge >= 0.3 is 0 Å². The van der Waals surface area contributed by atoms with E-state index in [4.69, 9.17) is 23.2 Å². The Morgan fingerprint density at radius 3 is 2.58 bits per heavy atom. The van der Waals surface area contributed by atoms with E-state index in [9.17, 15) is 9.18 Å². The monoisotopic (exact) mass is 300 g/mol. The quantitative estimate of drug-likeness (QED) is 0.853. The third-order valence-corrected chi connectivity index (χ3v) is 4.15. The summed E-state index contributed by atoms with van der Waals surface area (Å²) in [7, 11) is 0. The van der Waals surface area contributed by atoms with Gasteiger partial charge in [-0.3, -0.25) is 4.79 Å². The molecule has 1 fully saturated rings. The van der Waals surface area contributed by atoms with Gasteiger partial charge in [0.1, 0.15) is 11.5 Å². The number of aromatic amines is 1. The Bertz CT molecular complexity index is 662. The maximum atomic E-state index is 13.4. The number of hydrogen-bond acceptors (Lipinski definition) is 1. The number of aromatic nitrogens is 1. The van der Waals surface area contributed by atoms with Crippen molar-refractivity contribution in [2.24, 2.45) is 0 Å². The molecular weight excluding hydrogens is 290 g/mol. The number of rotatable bonds is 1. The van der Waals surface area contributed by atoms with Gasteiger partial charge in [-0.25, -0.2) is 4.39 Å². The van der Waals surface area contributed by atoms with Crippen LogP contribution >= 0.6 is 23.2 Å². The summed E-state index contributed by atoms with van der Waals surface area (Å²) in [5, 5.41) is 0.501. The Kier molecular flexibility index (Phi) is 3.15. The van der Waals surface area contributed by atoms with Crippen molar-refractivity contribution >= 4 is 40.0 Å². The molecule has 0 saturated carbocycles. The summed E-state index contributed by atoms with van der Waals surface area (Å²) in [6, 6.07) is 2.78. The molecule has 1 N–H and O–H groups in total. The number of nitrogens with one attached hydrogen (secondary N) is 1. The summed E-state index contributed by atoms with van der Waals surface area (Å²) in [6.07, 6.45) is 2.00. The lowest BCUT2D eigenvalue weighted by atomic mass is 10.2. The first-order valence-corrected chi connectivity index (χ1v) is 6.79. The van der Waals surface area contributed by atoms with Gasteiger partial charge in [0.2, 0.25) is 0 Å². The zero-order valence-corrected chi connectivity index (χ0v) is 11.5. The molecule has 1 aliphatic heterocycles. The summed E-state index contributed by atoms with van der Waals surface area (Å²) >= 11 is 12.1. The molecule has 6 heteroatoms. The minimum Gasteiger partial charge on any atom is -0.349 e. The molecule has 0 spiro atoms. The number of likely N-dealkylation sites (tertiary alicyclic amines) is 1. The van der Waals surface area contributed by atoms with Crippen molar-refractivity contribution in [3.05, 3.63) is 33.7 Å². The Morgan fingerprint density at radius 1 is 1.21 bits per heavy atom. The zero-order chi connectivity index (χ0) is 13.6. The first-order chi connectivity index (χ1) is 9.09. The van der Waals surface area contributed by atoms with E-state index in [-0.39, 0.29) is 21.6 Å². The van der Waals surface area contributed by atoms with Gasteiger partial charge in [0.05, 0.1) is 10.0 Å². The van der Waals surface area contributed by atoms with Crippen molar-refractivity contribution in [1.29, 1.82) is 0 Å². The van der Waals surface area contributed by atoms with E-state index < -0.39 is 5.82 Å². The second-order valence-corrected chi connectivity index (χ2v) is 5.35. The Morgan fingerprint density at radius 2 is 1.89 bits per heavy atom. The van der Waals surface area contributed by atoms with E-state index in [1.807, 2.05) is 0 Å². The fourth-order valence-corrected chi connectivity index (χ4v) is 3.04. The average molecular weight is 301 g/mol. The number of hydrogen-bond donors (Lipinski definition) is 1. The second kappa shape index (κ2) is 4.69. The number of H-pyrrole nitrogens is 1. The third-order valence-electron chi connectivity index (χ3n) is 3.40. The normalized spacial score (nSPS) is 15.4. The SMILES string of the molecule is O=C(c1[nH]c2ccc(F)c(Cl)c2c1Cl)N1CCCC1. The fraction of sp³-hybridized carbons (Fsp3) is 0.308. The molecule has 0 aliphatic carbocycles. The van der Waals surface area contributed by atoms with Gasteiger partial charge in [0.15, 0.2) is 0 Å². The summed E-state index contributed by atoms with van der Waals surface area (Å²) in [4.78, 5) is 17.0. The molecular formula is C13H11Cl2FN2O. The highest BCUT2D eigenvalue weighted by molar-refractivity contribution is 6.44. The van der Waals surface area contributed by atoms with Crippen LogP contribution in [0.3, 0.4) is 0 Å². The van der Waals surface area contributed by atoms with Crippen molar-refractivity contribution in [1.82, 2.24) is 9.88 Å². The number of nitrogens with zero attached hydrogens (tertiary/aromatic N) is 1. The molecule has 2 aromatic rings. The summed E-state index contributed by atoms with van der Waals surface area (Å²) in [5.41, 5.74) is 0.852. The van der Waals surface area contributed by atoms with Crippen LogP contribution in [0.25, 0.3) is 10.9 Å². The minimum absolute atomic E-state index is 0.0563. The van der Waals surface area contributed by atoms with Gasteiger partial charge < -0.3 is 9.88 Å². The Balaban J connectivity index is 2.12. The lowest BCUT2D eigenvalue weighted by Crippen LogP contribution is -2.28. The van der Waals surface area contributed by atoms with Crippen LogP contribution in [0, 0.1) is 5.82 Å². The molecule has 1 saturated heterocycles. The summed E-state index contributed by atoms with van der Waals surface area (Å²) in [6.45, 7) is 1.46. The van der Waals surface area contributed by atoms with Crippen LogP contribution in [0.1, 0.15) is 23.3 Å². The molecule has 1 amide bonds. The van der Waals surface area contributed by atoms with Crippen LogP contribution in [0.15, 0.2) is 12.1 Å². The molecule has 3 rings (SSSR count). The van der Waals surface area contributed by atoms with E-state index >= 15 is 0 Å². The highest BCUT2D eigenvalue weighted by atomic mass is 35.5. The van der Waals surface area contributed by atoms with Crippen molar-refractivity contribution < 1.29 is 9.18 Å². The maximum Gasteiger partial charge on any atom is 0.271 e. The third kappa shape index (κ3) is 1.99. The minimum atomic E-state index is -0.546. The van der Waals surface area contributed by atoms with Crippen LogP contribution in [-0.2, 0) is 0 Å². The van der Waals surface area contributed by atoms with Crippen LogP contribution in [0.4, 0.5) is 4.39 Å². The van der Waals surface area contributed by atoms with Crippen LogP contribution in [0.5, 0.6) is 0 Å². The summed E-state index contributed by atoms with van der Waals surface area (Å²) < 4.78 is 13.4. The number of halogens is 3. The number of carbonyl (C=O) groups is 1. The number of benzene rings is 1. The van der Waals surface area contributed by atoms with Crippen LogP contribution in [-0.4, -0.2) is 28.9 Å². The van der Waals surface area contributed by atoms with E-state index in [2.05, 4.69) is 4.98 Å². The number of amides is 1. The first kappa shape index (κ1) is 12.8. The topological polar surface area (TPSA) is 36.1 Å². The number of fused-ring (bicyclic) bond motifs is 1. The van der Waals surface area contributed by atoms with Gasteiger partial charge in [-0.2, -0.15) is 0 Å². The van der Waals surface area contributed by atoms with Crippen LogP contribution < -0.4 is 0 Å². The highest BCUT2D eigenvalue weighted by Crippen LogP contribution is 2.35. The maximum absolute atomic E-state index is 13.4. The smallest absolute Gasteiger partial charge is 0.271 e. The molecule has 0 atom stereocenters. The van der Waals surface area contributed by atoms with Crippen molar-refractivity contribution in [2.45, 2.75) is 12.8 Å². The average Bonchev–Trinajstić information content (AvgIpc) is 3.01. The highest BCUT2D eigenvalue weighted by Gasteiger charge is 2.25.